The third-order valence-corrected chi connectivity index (χ3v) is 6.63. The molecule has 218 valence electrons. The van der Waals surface area contributed by atoms with Gasteiger partial charge in [-0.2, -0.15) is 4.98 Å². The van der Waals surface area contributed by atoms with Crippen LogP contribution >= 0.6 is 23.2 Å². The smallest absolute Gasteiger partial charge is 0.350 e. The lowest BCUT2D eigenvalue weighted by Crippen LogP contribution is -2.40. The minimum absolute atomic E-state index is 0.00269. The second kappa shape index (κ2) is 13.1. The van der Waals surface area contributed by atoms with Crippen molar-refractivity contribution in [2.24, 2.45) is 23.9 Å². The molecule has 11 nitrogen and oxygen atoms in total. The molecule has 0 bridgehead atoms. The van der Waals surface area contributed by atoms with E-state index in [0.29, 0.717) is 5.95 Å². The number of ether oxygens (including phenoxy) is 1. The molecule has 2 aromatic heterocycles. The number of carboxylic acids is 1. The van der Waals surface area contributed by atoms with Crippen LogP contribution in [0.2, 0.25) is 10.0 Å². The molecule has 1 aromatic carbocycles. The molecule has 14 heteroatoms. The number of nitrogens with one attached hydrogen (secondary N) is 2. The maximum Gasteiger partial charge on any atom is 0.350 e. The number of aromatic nitrogens is 3. The van der Waals surface area contributed by atoms with Crippen LogP contribution in [0.5, 0.6) is 5.88 Å². The Morgan fingerprint density at radius 2 is 1.95 bits per heavy atom. The van der Waals surface area contributed by atoms with Gasteiger partial charge in [-0.05, 0) is 29.7 Å². The Morgan fingerprint density at radius 3 is 2.51 bits per heavy atom. The third kappa shape index (κ3) is 7.19. The number of aryl methyl sites for hydroxylation is 1. The van der Waals surface area contributed by atoms with Crippen molar-refractivity contribution < 1.29 is 19.0 Å². The van der Waals surface area contributed by atoms with E-state index < -0.39 is 40.9 Å². The molecule has 0 amide bonds. The molecule has 0 fully saturated rings. The Kier molecular flexibility index (Phi) is 10.1. The highest BCUT2D eigenvalue weighted by Gasteiger charge is 2.37. The summed E-state index contributed by atoms with van der Waals surface area (Å²) >= 11 is 12.1. The van der Waals surface area contributed by atoms with Gasteiger partial charge >= 0.3 is 5.97 Å². The normalized spacial score (nSPS) is 13.1. The van der Waals surface area contributed by atoms with Gasteiger partial charge in [-0.15, -0.1) is 0 Å². The van der Waals surface area contributed by atoms with Gasteiger partial charge in [0.05, 0.1) is 35.3 Å². The van der Waals surface area contributed by atoms with E-state index in [1.165, 1.54) is 49.3 Å². The molecule has 0 saturated heterocycles. The zero-order valence-corrected chi connectivity index (χ0v) is 24.7. The van der Waals surface area contributed by atoms with Crippen molar-refractivity contribution in [1.29, 1.82) is 5.41 Å². The van der Waals surface area contributed by atoms with E-state index in [-0.39, 0.29) is 38.6 Å². The maximum atomic E-state index is 14.7. The molecule has 3 aromatic rings. The van der Waals surface area contributed by atoms with E-state index in [1.54, 1.807) is 32.8 Å². The van der Waals surface area contributed by atoms with E-state index in [4.69, 9.17) is 38.3 Å². The van der Waals surface area contributed by atoms with E-state index in [1.807, 2.05) is 0 Å². The molecule has 3 rings (SSSR count). The highest BCUT2D eigenvalue weighted by atomic mass is 35.5. The highest BCUT2D eigenvalue weighted by molar-refractivity contribution is 6.40. The van der Waals surface area contributed by atoms with Gasteiger partial charge in [-0.3, -0.25) is 10.2 Å². The molecule has 2 heterocycles. The summed E-state index contributed by atoms with van der Waals surface area (Å²) in [6, 6.07) is 4.10. The van der Waals surface area contributed by atoms with Gasteiger partial charge in [0, 0.05) is 33.1 Å². The molecule has 0 radical (unpaired) electrons. The molecule has 0 spiro atoms. The van der Waals surface area contributed by atoms with Gasteiger partial charge in [-0.1, -0.05) is 43.1 Å². The van der Waals surface area contributed by atoms with E-state index in [2.05, 4.69) is 15.3 Å². The van der Waals surface area contributed by atoms with Crippen LogP contribution in [0.4, 0.5) is 21.7 Å². The summed E-state index contributed by atoms with van der Waals surface area (Å²) < 4.78 is 21.4. The number of rotatable bonds is 11. The average molecular weight is 606 g/mol. The quantitative estimate of drug-likeness (QED) is 0.259. The maximum absolute atomic E-state index is 14.7. The molecule has 0 saturated carbocycles. The number of aliphatic imine (C=N–C) groups is 1. The number of carbonyl (C=O) groups is 1. The first-order valence-corrected chi connectivity index (χ1v) is 13.1. The summed E-state index contributed by atoms with van der Waals surface area (Å²) in [5, 5.41) is 21.7. The zero-order chi connectivity index (χ0) is 30.6. The van der Waals surface area contributed by atoms with Crippen LogP contribution in [0.25, 0.3) is 0 Å². The van der Waals surface area contributed by atoms with Crippen molar-refractivity contribution in [3.05, 3.63) is 68.4 Å². The van der Waals surface area contributed by atoms with E-state index in [0.717, 1.165) is 6.07 Å². The zero-order valence-electron chi connectivity index (χ0n) is 23.2. The van der Waals surface area contributed by atoms with Gasteiger partial charge in [-0.25, -0.2) is 19.2 Å². The molecule has 41 heavy (non-hydrogen) atoms. The largest absolute Gasteiger partial charge is 0.479 e. The fourth-order valence-electron chi connectivity index (χ4n) is 4.12. The van der Waals surface area contributed by atoms with Crippen molar-refractivity contribution in [1.82, 2.24) is 14.5 Å². The van der Waals surface area contributed by atoms with E-state index >= 15 is 0 Å². The molecular formula is C27H30Cl2FN7O4. The summed E-state index contributed by atoms with van der Waals surface area (Å²) in [6.45, 7) is 3.53. The monoisotopic (exact) mass is 605 g/mol. The van der Waals surface area contributed by atoms with Gasteiger partial charge in [0.25, 0.3) is 5.56 Å². The summed E-state index contributed by atoms with van der Waals surface area (Å²) in [5.74, 6) is -3.60. The standard InChI is InChI=1S/C27H30Cl2FN7O4/c1-13(2)22(34-19-11-32-27(36(3)4)35-24(19)41-6)20(21(31)26(39)40)23(14-7-8-16(29)17(30)9-14)33-18-10-15(28)12-37(5)25(18)38/h7-13,20,23,31,33H,1-6H3,(H,39,40). The lowest BCUT2D eigenvalue weighted by Gasteiger charge is -2.31. The Balaban J connectivity index is 2.34. The predicted molar refractivity (Wildman–Crippen MR) is 158 cm³/mol. The van der Waals surface area contributed by atoms with Crippen molar-refractivity contribution in [2.45, 2.75) is 19.9 Å². The van der Waals surface area contributed by atoms with E-state index in [9.17, 15) is 19.1 Å². The first-order chi connectivity index (χ1) is 19.2. The van der Waals surface area contributed by atoms with Crippen molar-refractivity contribution in [3.63, 3.8) is 0 Å². The fraction of sp³-hybridized carbons (Fsp3) is 0.333. The number of hydrogen-bond acceptors (Lipinski definition) is 9. The number of anilines is 2. The van der Waals surface area contributed by atoms with Gasteiger partial charge < -0.3 is 24.6 Å². The van der Waals surface area contributed by atoms with Crippen LogP contribution in [0.1, 0.15) is 25.5 Å². The highest BCUT2D eigenvalue weighted by Crippen LogP contribution is 2.35. The second-order valence-electron chi connectivity index (χ2n) is 9.63. The van der Waals surface area contributed by atoms with Crippen molar-refractivity contribution in [3.8, 4) is 5.88 Å². The molecular weight excluding hydrogens is 576 g/mol. The second-order valence-corrected chi connectivity index (χ2v) is 10.5. The minimum atomic E-state index is -1.53. The number of hydrogen-bond donors (Lipinski definition) is 3. The molecule has 0 aliphatic rings. The molecule has 3 N–H and O–H groups in total. The van der Waals surface area contributed by atoms with Gasteiger partial charge in [0.1, 0.15) is 22.9 Å². The van der Waals surface area contributed by atoms with Crippen molar-refractivity contribution >= 4 is 57.9 Å². The average Bonchev–Trinajstić information content (AvgIpc) is 2.91. The predicted octanol–water partition coefficient (Wildman–Crippen LogP) is 5.00. The topological polar surface area (TPSA) is 146 Å². The van der Waals surface area contributed by atoms with Crippen LogP contribution in [0, 0.1) is 23.1 Å². The first kappa shape index (κ1) is 31.5. The first-order valence-electron chi connectivity index (χ1n) is 12.3. The number of methoxy groups -OCH3 is 1. The summed E-state index contributed by atoms with van der Waals surface area (Å²) in [6.07, 6.45) is 2.83. The Bertz CT molecular complexity index is 1560. The summed E-state index contributed by atoms with van der Waals surface area (Å²) in [7, 11) is 6.41. The third-order valence-electron chi connectivity index (χ3n) is 6.11. The molecule has 0 aliphatic carbocycles. The van der Waals surface area contributed by atoms with Crippen LogP contribution in [-0.4, -0.2) is 58.2 Å². The van der Waals surface area contributed by atoms with Gasteiger partial charge in [0.15, 0.2) is 0 Å². The molecule has 0 aliphatic heterocycles. The van der Waals surface area contributed by atoms with Crippen molar-refractivity contribution in [2.75, 3.05) is 31.4 Å². The van der Waals surface area contributed by atoms with Crippen LogP contribution in [0.3, 0.4) is 0 Å². The van der Waals surface area contributed by atoms with Crippen LogP contribution < -0.4 is 20.5 Å². The summed E-state index contributed by atoms with van der Waals surface area (Å²) in [4.78, 5) is 40.3. The van der Waals surface area contributed by atoms with Gasteiger partial charge in [0.2, 0.25) is 11.8 Å². The Morgan fingerprint density at radius 1 is 1.27 bits per heavy atom. The number of carboxylic acid groups (broad SMARTS) is 1. The number of pyridine rings is 1. The fourth-order valence-corrected chi connectivity index (χ4v) is 4.49. The lowest BCUT2D eigenvalue weighted by molar-refractivity contribution is -0.129. The Hall–Kier alpha value is -4.03. The SMILES string of the molecule is COc1nc(N(C)C)ncc1N=C(C(C)C)C(C(=N)C(=O)O)C(Nc1cc(Cl)cn(C)c1=O)c1ccc(Cl)c(F)c1. The van der Waals surface area contributed by atoms with Crippen LogP contribution in [-0.2, 0) is 11.8 Å². The molecule has 2 atom stereocenters. The number of nitrogens with zero attached hydrogens (tertiary/aromatic N) is 5. The van der Waals surface area contributed by atoms with Crippen LogP contribution in [0.15, 0.2) is 46.4 Å². The summed E-state index contributed by atoms with van der Waals surface area (Å²) in [5.41, 5.74) is -0.624. The minimum Gasteiger partial charge on any atom is -0.479 e. The molecule has 2 unspecified atom stereocenters. The Labute approximate surface area is 246 Å². The number of halogens is 3. The lowest BCUT2D eigenvalue weighted by atomic mass is 9.80. The number of aliphatic carboxylic acids is 1. The number of benzene rings is 1.